The maximum Gasteiger partial charge on any atom is 0.339 e. The molecule has 0 spiro atoms. The third kappa shape index (κ3) is 6.55. The fourth-order valence-electron chi connectivity index (χ4n) is 5.49. The fraction of sp³-hybridized carbons (Fsp3) is 0.263. The molecule has 226 valence electrons. The van der Waals surface area contributed by atoms with Gasteiger partial charge in [-0.1, -0.05) is 54.6 Å². The summed E-state index contributed by atoms with van der Waals surface area (Å²) in [5.41, 5.74) is 7.92. The maximum atomic E-state index is 13.2. The molecule has 5 aromatic rings. The summed E-state index contributed by atoms with van der Waals surface area (Å²) in [6.45, 7) is 12.5. The van der Waals surface area contributed by atoms with Crippen molar-refractivity contribution in [3.8, 4) is 16.9 Å². The van der Waals surface area contributed by atoms with E-state index in [0.29, 0.717) is 17.7 Å². The van der Waals surface area contributed by atoms with Gasteiger partial charge < -0.3 is 19.4 Å². The predicted molar refractivity (Wildman–Crippen MR) is 176 cm³/mol. The van der Waals surface area contributed by atoms with Gasteiger partial charge in [-0.15, -0.1) is 0 Å². The molecule has 0 saturated carbocycles. The average Bonchev–Trinajstić information content (AvgIpc) is 3.24. The van der Waals surface area contributed by atoms with E-state index in [4.69, 9.17) is 9.47 Å². The molecule has 0 fully saturated rings. The Morgan fingerprint density at radius 3 is 2.32 bits per heavy atom. The first-order chi connectivity index (χ1) is 20.9. The second kappa shape index (κ2) is 12.4. The van der Waals surface area contributed by atoms with Gasteiger partial charge in [0.2, 0.25) is 0 Å². The molecule has 0 aliphatic rings. The SMILES string of the molecule is COc1cccc([C@H](C)NC(=O)c2ccc3c(c2)c(C)c(C)n3Cc2ccc(-c3ccccc3C(=O)OC(C)(C)C)cc2)c1. The number of methoxy groups -OCH3 is 1. The van der Waals surface area contributed by atoms with Crippen molar-refractivity contribution in [2.75, 3.05) is 7.11 Å². The highest BCUT2D eigenvalue weighted by atomic mass is 16.6. The van der Waals surface area contributed by atoms with Crippen LogP contribution in [0.1, 0.15) is 76.8 Å². The quantitative estimate of drug-likeness (QED) is 0.185. The standard InChI is InChI=1S/C38H40N2O4/c1-24-26(3)40(23-27-15-17-28(18-16-27)32-13-8-9-14-33(32)37(42)44-38(4,5)6)35-20-19-30(22-34(24)35)36(41)39-25(2)29-11-10-12-31(21-29)43-7/h8-22,25H,23H2,1-7H3,(H,39,41)/t25-/m0/s1. The van der Waals surface area contributed by atoms with Crippen molar-refractivity contribution in [3.05, 3.63) is 125 Å². The number of benzene rings is 4. The molecule has 1 aromatic heterocycles. The van der Waals surface area contributed by atoms with Gasteiger partial charge in [0, 0.05) is 28.7 Å². The summed E-state index contributed by atoms with van der Waals surface area (Å²) >= 11 is 0. The maximum absolute atomic E-state index is 13.2. The molecule has 1 amide bonds. The van der Waals surface area contributed by atoms with E-state index in [1.54, 1.807) is 7.11 Å². The number of ether oxygens (including phenoxy) is 2. The molecule has 5 rings (SSSR count). The molecule has 0 aliphatic heterocycles. The Balaban J connectivity index is 1.36. The number of amides is 1. The number of rotatable bonds is 8. The minimum atomic E-state index is -0.566. The van der Waals surface area contributed by atoms with Crippen molar-refractivity contribution in [2.45, 2.75) is 59.7 Å². The summed E-state index contributed by atoms with van der Waals surface area (Å²) in [5.74, 6) is 0.317. The van der Waals surface area contributed by atoms with Crippen LogP contribution in [0.3, 0.4) is 0 Å². The topological polar surface area (TPSA) is 69.6 Å². The Kier molecular flexibility index (Phi) is 8.63. The lowest BCUT2D eigenvalue weighted by atomic mass is 9.98. The summed E-state index contributed by atoms with van der Waals surface area (Å²) in [7, 11) is 1.64. The fourth-order valence-corrected chi connectivity index (χ4v) is 5.49. The number of fused-ring (bicyclic) bond motifs is 1. The van der Waals surface area contributed by atoms with Gasteiger partial charge in [-0.3, -0.25) is 4.79 Å². The van der Waals surface area contributed by atoms with Gasteiger partial charge in [-0.2, -0.15) is 0 Å². The van der Waals surface area contributed by atoms with Crippen LogP contribution in [0.4, 0.5) is 0 Å². The zero-order valence-electron chi connectivity index (χ0n) is 26.5. The number of aryl methyl sites for hydroxylation is 1. The minimum absolute atomic E-state index is 0.116. The van der Waals surface area contributed by atoms with E-state index in [0.717, 1.165) is 50.2 Å². The molecular formula is C38H40N2O4. The minimum Gasteiger partial charge on any atom is -0.497 e. The number of hydrogen-bond donors (Lipinski definition) is 1. The summed E-state index contributed by atoms with van der Waals surface area (Å²) < 4.78 is 13.3. The Labute approximate surface area is 259 Å². The summed E-state index contributed by atoms with van der Waals surface area (Å²) in [4.78, 5) is 26.1. The summed E-state index contributed by atoms with van der Waals surface area (Å²) in [6.07, 6.45) is 0. The lowest BCUT2D eigenvalue weighted by Gasteiger charge is -2.20. The second-order valence-corrected chi connectivity index (χ2v) is 12.2. The predicted octanol–water partition coefficient (Wildman–Crippen LogP) is 8.43. The molecule has 0 bridgehead atoms. The van der Waals surface area contributed by atoms with Crippen molar-refractivity contribution >= 4 is 22.8 Å². The van der Waals surface area contributed by atoms with Crippen LogP contribution in [-0.4, -0.2) is 29.2 Å². The van der Waals surface area contributed by atoms with Crippen LogP contribution in [0, 0.1) is 13.8 Å². The zero-order chi connectivity index (χ0) is 31.6. The number of nitrogens with one attached hydrogen (secondary N) is 1. The molecule has 44 heavy (non-hydrogen) atoms. The Hall–Kier alpha value is -4.84. The molecule has 0 saturated heterocycles. The number of hydrogen-bond acceptors (Lipinski definition) is 4. The van der Waals surface area contributed by atoms with Crippen LogP contribution < -0.4 is 10.1 Å². The molecule has 1 N–H and O–H groups in total. The lowest BCUT2D eigenvalue weighted by Crippen LogP contribution is -2.26. The number of esters is 1. The Morgan fingerprint density at radius 1 is 0.886 bits per heavy atom. The van der Waals surface area contributed by atoms with E-state index in [-0.39, 0.29) is 17.9 Å². The van der Waals surface area contributed by atoms with Gasteiger partial charge in [0.25, 0.3) is 5.91 Å². The van der Waals surface area contributed by atoms with E-state index in [1.165, 1.54) is 0 Å². The van der Waals surface area contributed by atoms with Crippen molar-refractivity contribution in [1.29, 1.82) is 0 Å². The van der Waals surface area contributed by atoms with Gasteiger partial charge in [-0.25, -0.2) is 4.79 Å². The van der Waals surface area contributed by atoms with Gasteiger partial charge in [-0.05, 0) is 106 Å². The van der Waals surface area contributed by atoms with E-state index in [9.17, 15) is 9.59 Å². The van der Waals surface area contributed by atoms with E-state index >= 15 is 0 Å². The van der Waals surface area contributed by atoms with Gasteiger partial charge in [0.05, 0.1) is 18.7 Å². The van der Waals surface area contributed by atoms with Crippen LogP contribution in [-0.2, 0) is 11.3 Å². The van der Waals surface area contributed by atoms with Crippen LogP contribution in [0.25, 0.3) is 22.0 Å². The van der Waals surface area contributed by atoms with Crippen LogP contribution in [0.15, 0.2) is 91.0 Å². The van der Waals surface area contributed by atoms with E-state index in [2.05, 4.69) is 48.0 Å². The van der Waals surface area contributed by atoms with Crippen molar-refractivity contribution in [1.82, 2.24) is 9.88 Å². The Bertz CT molecular complexity index is 1830. The molecule has 4 aromatic carbocycles. The first kappa shape index (κ1) is 30.6. The molecule has 6 nitrogen and oxygen atoms in total. The third-order valence-corrected chi connectivity index (χ3v) is 7.99. The highest BCUT2D eigenvalue weighted by Crippen LogP contribution is 2.30. The highest BCUT2D eigenvalue weighted by Gasteiger charge is 2.21. The number of nitrogens with zero attached hydrogens (tertiary/aromatic N) is 1. The van der Waals surface area contributed by atoms with Crippen molar-refractivity contribution < 1.29 is 19.1 Å². The first-order valence-electron chi connectivity index (χ1n) is 14.9. The molecular weight excluding hydrogens is 548 g/mol. The van der Waals surface area contributed by atoms with Gasteiger partial charge in [0.15, 0.2) is 0 Å². The monoisotopic (exact) mass is 588 g/mol. The second-order valence-electron chi connectivity index (χ2n) is 12.2. The molecule has 1 heterocycles. The largest absolute Gasteiger partial charge is 0.497 e. The van der Waals surface area contributed by atoms with Crippen LogP contribution in [0.5, 0.6) is 5.75 Å². The van der Waals surface area contributed by atoms with E-state index < -0.39 is 5.60 Å². The smallest absolute Gasteiger partial charge is 0.339 e. The molecule has 0 unspecified atom stereocenters. The molecule has 0 aliphatic carbocycles. The van der Waals surface area contributed by atoms with Crippen molar-refractivity contribution in [3.63, 3.8) is 0 Å². The summed E-state index contributed by atoms with van der Waals surface area (Å²) in [6, 6.07) is 29.3. The Morgan fingerprint density at radius 2 is 1.61 bits per heavy atom. The zero-order valence-corrected chi connectivity index (χ0v) is 26.5. The molecule has 6 heteroatoms. The van der Waals surface area contributed by atoms with Crippen LogP contribution in [0.2, 0.25) is 0 Å². The molecule has 0 radical (unpaired) electrons. The highest BCUT2D eigenvalue weighted by molar-refractivity contribution is 5.99. The van der Waals surface area contributed by atoms with Crippen LogP contribution >= 0.6 is 0 Å². The third-order valence-electron chi connectivity index (χ3n) is 7.99. The van der Waals surface area contributed by atoms with Gasteiger partial charge in [0.1, 0.15) is 11.4 Å². The first-order valence-corrected chi connectivity index (χ1v) is 14.9. The number of aromatic nitrogens is 1. The summed E-state index contributed by atoms with van der Waals surface area (Å²) in [5, 5.41) is 4.18. The van der Waals surface area contributed by atoms with Gasteiger partial charge >= 0.3 is 5.97 Å². The lowest BCUT2D eigenvalue weighted by molar-refractivity contribution is 0.00703. The average molecular weight is 589 g/mol. The molecule has 1 atom stereocenters. The van der Waals surface area contributed by atoms with Crippen molar-refractivity contribution in [2.24, 2.45) is 0 Å². The normalized spacial score (nSPS) is 12.2. The number of carbonyl (C=O) groups excluding carboxylic acids is 2. The van der Waals surface area contributed by atoms with E-state index in [1.807, 2.05) is 94.4 Å². The number of carbonyl (C=O) groups is 2.